The first kappa shape index (κ1) is 18.3. The zero-order valence-corrected chi connectivity index (χ0v) is 14.2. The Balaban J connectivity index is 2.60. The van der Waals surface area contributed by atoms with E-state index in [2.05, 4.69) is 36.4 Å². The summed E-state index contributed by atoms with van der Waals surface area (Å²) in [6.07, 6.45) is 0.882. The van der Waals surface area contributed by atoms with Crippen molar-refractivity contribution >= 4 is 11.6 Å². The quantitative estimate of drug-likeness (QED) is 0.418. The number of anilines is 1. The van der Waals surface area contributed by atoms with Crippen LogP contribution in [-0.2, 0) is 4.74 Å². The Morgan fingerprint density at radius 1 is 1.27 bits per heavy atom. The van der Waals surface area contributed by atoms with Gasteiger partial charge in [0.2, 0.25) is 0 Å². The van der Waals surface area contributed by atoms with E-state index in [4.69, 9.17) is 9.47 Å². The molecule has 0 amide bonds. The Labute approximate surface area is 134 Å². The number of guanidine groups is 1. The standard InChI is InChI=1S/C17H29N3O2/c1-5-18-17(19-13-14(2)3)20-15-8-6-9-16(12-15)22-11-7-10-21-4/h6,8-9,12,14H,5,7,10-11,13H2,1-4H3,(H2,18,19,20). The van der Waals surface area contributed by atoms with Gasteiger partial charge < -0.3 is 20.1 Å². The minimum atomic E-state index is 0.533. The molecule has 0 aromatic heterocycles. The number of aliphatic imine (C=N–C) groups is 1. The predicted molar refractivity (Wildman–Crippen MR) is 92.9 cm³/mol. The van der Waals surface area contributed by atoms with Crippen LogP contribution in [0.25, 0.3) is 0 Å². The molecule has 22 heavy (non-hydrogen) atoms. The second-order valence-corrected chi connectivity index (χ2v) is 5.46. The fourth-order valence-electron chi connectivity index (χ4n) is 1.77. The Bertz CT molecular complexity index is 447. The number of nitrogens with one attached hydrogen (secondary N) is 2. The first-order valence-corrected chi connectivity index (χ1v) is 7.92. The molecule has 0 spiro atoms. The third kappa shape index (κ3) is 7.88. The van der Waals surface area contributed by atoms with Crippen LogP contribution in [0.5, 0.6) is 5.75 Å². The summed E-state index contributed by atoms with van der Waals surface area (Å²) in [7, 11) is 1.70. The summed E-state index contributed by atoms with van der Waals surface area (Å²) in [5.74, 6) is 2.18. The molecule has 0 bridgehead atoms. The van der Waals surface area contributed by atoms with Gasteiger partial charge in [-0.3, -0.25) is 4.99 Å². The van der Waals surface area contributed by atoms with E-state index in [9.17, 15) is 0 Å². The first-order valence-electron chi connectivity index (χ1n) is 7.92. The van der Waals surface area contributed by atoms with Crippen molar-refractivity contribution in [2.24, 2.45) is 10.9 Å². The van der Waals surface area contributed by atoms with E-state index in [1.807, 2.05) is 24.3 Å². The molecule has 124 valence electrons. The smallest absolute Gasteiger partial charge is 0.195 e. The van der Waals surface area contributed by atoms with Crippen LogP contribution in [0.4, 0.5) is 5.69 Å². The molecule has 0 radical (unpaired) electrons. The number of methoxy groups -OCH3 is 1. The van der Waals surface area contributed by atoms with Gasteiger partial charge in [0, 0.05) is 45.0 Å². The summed E-state index contributed by atoms with van der Waals surface area (Å²) in [5, 5.41) is 6.56. The zero-order chi connectivity index (χ0) is 16.2. The first-order chi connectivity index (χ1) is 10.7. The van der Waals surface area contributed by atoms with Crippen molar-refractivity contribution in [2.75, 3.05) is 38.7 Å². The van der Waals surface area contributed by atoms with Crippen LogP contribution in [0.3, 0.4) is 0 Å². The molecule has 0 fully saturated rings. The van der Waals surface area contributed by atoms with E-state index in [1.54, 1.807) is 7.11 Å². The highest BCUT2D eigenvalue weighted by Gasteiger charge is 2.02. The van der Waals surface area contributed by atoms with Crippen molar-refractivity contribution in [3.8, 4) is 5.75 Å². The van der Waals surface area contributed by atoms with E-state index in [-0.39, 0.29) is 0 Å². The van der Waals surface area contributed by atoms with Crippen LogP contribution >= 0.6 is 0 Å². The number of rotatable bonds is 9. The topological polar surface area (TPSA) is 54.9 Å². The van der Waals surface area contributed by atoms with Crippen LogP contribution in [0.15, 0.2) is 29.3 Å². The molecule has 1 rings (SSSR count). The average Bonchev–Trinajstić information content (AvgIpc) is 2.50. The van der Waals surface area contributed by atoms with Crippen molar-refractivity contribution in [1.82, 2.24) is 5.32 Å². The van der Waals surface area contributed by atoms with Crippen LogP contribution in [0.1, 0.15) is 27.2 Å². The molecule has 0 aliphatic rings. The van der Waals surface area contributed by atoms with E-state index in [0.717, 1.165) is 36.9 Å². The second-order valence-electron chi connectivity index (χ2n) is 5.46. The van der Waals surface area contributed by atoms with Gasteiger partial charge in [0.05, 0.1) is 6.61 Å². The van der Waals surface area contributed by atoms with Gasteiger partial charge in [-0.15, -0.1) is 0 Å². The summed E-state index contributed by atoms with van der Waals surface area (Å²) in [6.45, 7) is 9.36. The maximum Gasteiger partial charge on any atom is 0.195 e. The third-order valence-corrected chi connectivity index (χ3v) is 2.82. The largest absolute Gasteiger partial charge is 0.493 e. The van der Waals surface area contributed by atoms with Crippen LogP contribution < -0.4 is 15.4 Å². The van der Waals surface area contributed by atoms with Gasteiger partial charge in [-0.2, -0.15) is 0 Å². The van der Waals surface area contributed by atoms with Gasteiger partial charge in [0.1, 0.15) is 5.75 Å². The zero-order valence-electron chi connectivity index (χ0n) is 14.2. The Morgan fingerprint density at radius 3 is 2.77 bits per heavy atom. The van der Waals surface area contributed by atoms with Gasteiger partial charge in [-0.25, -0.2) is 0 Å². The molecule has 5 heteroatoms. The number of hydrogen-bond donors (Lipinski definition) is 2. The minimum absolute atomic E-state index is 0.533. The van der Waals surface area contributed by atoms with Crippen LogP contribution in [0, 0.1) is 5.92 Å². The van der Waals surface area contributed by atoms with E-state index >= 15 is 0 Å². The van der Waals surface area contributed by atoms with Gasteiger partial charge >= 0.3 is 0 Å². The van der Waals surface area contributed by atoms with Gasteiger partial charge in [0.25, 0.3) is 0 Å². The summed E-state index contributed by atoms with van der Waals surface area (Å²) < 4.78 is 10.7. The fraction of sp³-hybridized carbons (Fsp3) is 0.588. The number of nitrogens with zero attached hydrogens (tertiary/aromatic N) is 1. The lowest BCUT2D eigenvalue weighted by molar-refractivity contribution is 0.172. The molecule has 0 heterocycles. The Hall–Kier alpha value is -1.75. The molecule has 0 aliphatic heterocycles. The lowest BCUT2D eigenvalue weighted by Crippen LogP contribution is -2.31. The second kappa shape index (κ2) is 10.9. The van der Waals surface area contributed by atoms with Crippen molar-refractivity contribution < 1.29 is 9.47 Å². The van der Waals surface area contributed by atoms with Crippen molar-refractivity contribution in [1.29, 1.82) is 0 Å². The minimum Gasteiger partial charge on any atom is -0.493 e. The van der Waals surface area contributed by atoms with Crippen molar-refractivity contribution in [3.05, 3.63) is 24.3 Å². The summed E-state index contributed by atoms with van der Waals surface area (Å²) in [4.78, 5) is 4.56. The molecule has 0 saturated heterocycles. The molecule has 5 nitrogen and oxygen atoms in total. The summed E-state index contributed by atoms with van der Waals surface area (Å²) in [6, 6.07) is 7.91. The van der Waals surface area contributed by atoms with Crippen molar-refractivity contribution in [2.45, 2.75) is 27.2 Å². The molecule has 0 saturated carbocycles. The highest BCUT2D eigenvalue weighted by atomic mass is 16.5. The lowest BCUT2D eigenvalue weighted by atomic mass is 10.2. The van der Waals surface area contributed by atoms with Crippen LogP contribution in [0.2, 0.25) is 0 Å². The Morgan fingerprint density at radius 2 is 2.09 bits per heavy atom. The van der Waals surface area contributed by atoms with Gasteiger partial charge in [0.15, 0.2) is 5.96 Å². The monoisotopic (exact) mass is 307 g/mol. The predicted octanol–water partition coefficient (Wildman–Crippen LogP) is 3.14. The molecular formula is C17H29N3O2. The fourth-order valence-corrected chi connectivity index (χ4v) is 1.77. The molecule has 1 aromatic rings. The molecular weight excluding hydrogens is 278 g/mol. The maximum atomic E-state index is 5.71. The van der Waals surface area contributed by atoms with E-state index < -0.39 is 0 Å². The number of hydrogen-bond acceptors (Lipinski definition) is 3. The molecule has 0 unspecified atom stereocenters. The SMILES string of the molecule is CCNC(=NCC(C)C)Nc1cccc(OCCCOC)c1. The number of ether oxygens (including phenoxy) is 2. The molecule has 0 aliphatic carbocycles. The van der Waals surface area contributed by atoms with Gasteiger partial charge in [-0.1, -0.05) is 19.9 Å². The molecule has 1 aromatic carbocycles. The average molecular weight is 307 g/mol. The summed E-state index contributed by atoms with van der Waals surface area (Å²) >= 11 is 0. The molecule has 0 atom stereocenters. The summed E-state index contributed by atoms with van der Waals surface area (Å²) in [5.41, 5.74) is 0.965. The third-order valence-electron chi connectivity index (χ3n) is 2.82. The lowest BCUT2D eigenvalue weighted by Gasteiger charge is -2.13. The van der Waals surface area contributed by atoms with E-state index in [0.29, 0.717) is 19.1 Å². The van der Waals surface area contributed by atoms with Gasteiger partial charge in [-0.05, 0) is 25.0 Å². The molecule has 2 N–H and O–H groups in total. The normalized spacial score (nSPS) is 11.6. The van der Waals surface area contributed by atoms with Crippen molar-refractivity contribution in [3.63, 3.8) is 0 Å². The van der Waals surface area contributed by atoms with E-state index in [1.165, 1.54) is 0 Å². The highest BCUT2D eigenvalue weighted by Crippen LogP contribution is 2.17. The Kier molecular flexibility index (Phi) is 9.07. The van der Waals surface area contributed by atoms with Crippen LogP contribution in [-0.4, -0.2) is 39.4 Å². The number of benzene rings is 1. The highest BCUT2D eigenvalue weighted by molar-refractivity contribution is 5.93. The maximum absolute atomic E-state index is 5.71.